The van der Waals surface area contributed by atoms with Crippen molar-refractivity contribution < 1.29 is 4.74 Å². The summed E-state index contributed by atoms with van der Waals surface area (Å²) in [4.78, 5) is 1.18. The first-order valence-corrected chi connectivity index (χ1v) is 6.91. The Balaban J connectivity index is 1.78. The predicted octanol–water partition coefficient (Wildman–Crippen LogP) is 3.58. The highest BCUT2D eigenvalue weighted by atomic mass is 35.5. The topological polar surface area (TPSA) is 35.2 Å². The summed E-state index contributed by atoms with van der Waals surface area (Å²) in [5.74, 6) is 1.07. The highest BCUT2D eigenvalue weighted by Crippen LogP contribution is 2.28. The van der Waals surface area contributed by atoms with E-state index in [1.165, 1.54) is 17.7 Å². The highest BCUT2D eigenvalue weighted by molar-refractivity contribution is 7.99. The zero-order chi connectivity index (χ0) is 11.4. The molecule has 1 aromatic rings. The van der Waals surface area contributed by atoms with Gasteiger partial charge >= 0.3 is 0 Å². The molecule has 1 aromatic carbocycles. The van der Waals surface area contributed by atoms with E-state index in [-0.39, 0.29) is 0 Å². The molecule has 0 amide bonds. The average Bonchev–Trinajstić information content (AvgIpc) is 2.76. The summed E-state index contributed by atoms with van der Waals surface area (Å²) in [6, 6.07) is 5.80. The summed E-state index contributed by atoms with van der Waals surface area (Å²) in [6.07, 6.45) is 4.01. The Labute approximate surface area is 105 Å². The number of hydrogen-bond acceptors (Lipinski definition) is 3. The van der Waals surface area contributed by atoms with Crippen LogP contribution in [0.15, 0.2) is 23.1 Å². The first kappa shape index (κ1) is 12.1. The number of halogens is 1. The van der Waals surface area contributed by atoms with Crippen molar-refractivity contribution in [3.63, 3.8) is 0 Å². The third kappa shape index (κ3) is 3.30. The molecule has 1 aliphatic heterocycles. The molecule has 1 atom stereocenters. The Morgan fingerprint density at radius 1 is 1.50 bits per heavy atom. The van der Waals surface area contributed by atoms with E-state index in [1.54, 1.807) is 0 Å². The van der Waals surface area contributed by atoms with Crippen molar-refractivity contribution >= 4 is 29.1 Å². The lowest BCUT2D eigenvalue weighted by atomic mass is 10.2. The number of thioether (sulfide) groups is 1. The van der Waals surface area contributed by atoms with Crippen molar-refractivity contribution in [2.75, 3.05) is 18.1 Å². The van der Waals surface area contributed by atoms with E-state index in [2.05, 4.69) is 0 Å². The minimum absolute atomic E-state index is 0.469. The fraction of sp³-hybridized carbons (Fsp3) is 0.500. The van der Waals surface area contributed by atoms with Crippen molar-refractivity contribution in [2.45, 2.75) is 30.3 Å². The number of hydrogen-bond donors (Lipinski definition) is 1. The molecule has 0 radical (unpaired) electrons. The molecule has 2 N–H and O–H groups in total. The van der Waals surface area contributed by atoms with Crippen LogP contribution in [-0.2, 0) is 4.74 Å². The van der Waals surface area contributed by atoms with E-state index in [4.69, 9.17) is 22.1 Å². The zero-order valence-electron chi connectivity index (χ0n) is 9.12. The smallest absolute Gasteiger partial charge is 0.0646 e. The molecule has 4 heteroatoms. The summed E-state index contributed by atoms with van der Waals surface area (Å²) in [7, 11) is 0. The Morgan fingerprint density at radius 3 is 3.06 bits per heavy atom. The zero-order valence-corrected chi connectivity index (χ0v) is 10.7. The van der Waals surface area contributed by atoms with Crippen LogP contribution >= 0.6 is 23.4 Å². The van der Waals surface area contributed by atoms with Crippen LogP contribution < -0.4 is 5.73 Å². The second-order valence-electron chi connectivity index (χ2n) is 3.96. The number of anilines is 1. The lowest BCUT2D eigenvalue weighted by molar-refractivity contribution is 0.109. The van der Waals surface area contributed by atoms with Gasteiger partial charge in [0.25, 0.3) is 0 Å². The monoisotopic (exact) mass is 257 g/mol. The van der Waals surface area contributed by atoms with Crippen LogP contribution in [0.25, 0.3) is 0 Å². The molecule has 0 bridgehead atoms. The summed E-state index contributed by atoms with van der Waals surface area (Å²) in [5.41, 5.74) is 6.30. The van der Waals surface area contributed by atoms with Crippen LogP contribution in [0.1, 0.15) is 19.3 Å². The van der Waals surface area contributed by atoms with E-state index in [0.717, 1.165) is 18.8 Å². The van der Waals surface area contributed by atoms with Crippen LogP contribution in [-0.4, -0.2) is 18.5 Å². The lowest BCUT2D eigenvalue weighted by Crippen LogP contribution is -2.05. The van der Waals surface area contributed by atoms with E-state index in [1.807, 2.05) is 30.0 Å². The van der Waals surface area contributed by atoms with Crippen molar-refractivity contribution in [1.29, 1.82) is 0 Å². The molecule has 0 saturated carbocycles. The van der Waals surface area contributed by atoms with E-state index in [9.17, 15) is 0 Å². The molecule has 0 aromatic heterocycles. The molecule has 2 rings (SSSR count). The molecule has 1 saturated heterocycles. The Hall–Kier alpha value is -0.380. The standard InChI is InChI=1S/C12H16ClNOS/c13-11-8-10(3-4-12(11)14)16-7-5-9-2-1-6-15-9/h3-4,8-9H,1-2,5-7,14H2. The first-order chi connectivity index (χ1) is 7.75. The van der Waals surface area contributed by atoms with Gasteiger partial charge in [0, 0.05) is 17.3 Å². The number of rotatable bonds is 4. The maximum absolute atomic E-state index is 5.96. The van der Waals surface area contributed by atoms with Gasteiger partial charge < -0.3 is 10.5 Å². The van der Waals surface area contributed by atoms with E-state index < -0.39 is 0 Å². The minimum atomic E-state index is 0.469. The molecule has 1 heterocycles. The number of ether oxygens (including phenoxy) is 1. The molecule has 0 spiro atoms. The Kier molecular flexibility index (Phi) is 4.38. The van der Waals surface area contributed by atoms with Crippen molar-refractivity contribution in [1.82, 2.24) is 0 Å². The van der Waals surface area contributed by atoms with Crippen LogP contribution in [0.3, 0.4) is 0 Å². The van der Waals surface area contributed by atoms with Gasteiger partial charge in [-0.25, -0.2) is 0 Å². The van der Waals surface area contributed by atoms with Gasteiger partial charge in [-0.1, -0.05) is 11.6 Å². The SMILES string of the molecule is Nc1ccc(SCCC2CCCO2)cc1Cl. The van der Waals surface area contributed by atoms with Crippen molar-refractivity contribution in [3.05, 3.63) is 23.2 Å². The third-order valence-corrected chi connectivity index (χ3v) is 4.06. The first-order valence-electron chi connectivity index (χ1n) is 5.55. The Bertz CT molecular complexity index is 353. The van der Waals surface area contributed by atoms with E-state index >= 15 is 0 Å². The van der Waals surface area contributed by atoms with Gasteiger partial charge in [-0.15, -0.1) is 11.8 Å². The largest absolute Gasteiger partial charge is 0.398 e. The number of benzene rings is 1. The third-order valence-electron chi connectivity index (χ3n) is 2.70. The lowest BCUT2D eigenvalue weighted by Gasteiger charge is -2.08. The minimum Gasteiger partial charge on any atom is -0.398 e. The van der Waals surface area contributed by atoms with Crippen LogP contribution in [0.4, 0.5) is 5.69 Å². The predicted molar refractivity (Wildman–Crippen MR) is 70.2 cm³/mol. The molecule has 1 unspecified atom stereocenters. The number of nitrogens with two attached hydrogens (primary N) is 1. The van der Waals surface area contributed by atoms with Gasteiger partial charge in [0.2, 0.25) is 0 Å². The molecule has 2 nitrogen and oxygen atoms in total. The highest BCUT2D eigenvalue weighted by Gasteiger charge is 2.14. The molecular formula is C12H16ClNOS. The van der Waals surface area contributed by atoms with Crippen LogP contribution in [0, 0.1) is 0 Å². The molecular weight excluding hydrogens is 242 g/mol. The van der Waals surface area contributed by atoms with Crippen LogP contribution in [0.2, 0.25) is 5.02 Å². The summed E-state index contributed by atoms with van der Waals surface area (Å²) < 4.78 is 5.57. The fourth-order valence-corrected chi connectivity index (χ4v) is 3.01. The average molecular weight is 258 g/mol. The molecule has 1 aliphatic rings. The van der Waals surface area contributed by atoms with Gasteiger partial charge in [-0.3, -0.25) is 0 Å². The molecule has 88 valence electrons. The van der Waals surface area contributed by atoms with E-state index in [0.29, 0.717) is 16.8 Å². The second kappa shape index (κ2) is 5.80. The Morgan fingerprint density at radius 2 is 2.38 bits per heavy atom. The van der Waals surface area contributed by atoms with Crippen molar-refractivity contribution in [3.8, 4) is 0 Å². The maximum Gasteiger partial charge on any atom is 0.0646 e. The van der Waals surface area contributed by atoms with Gasteiger partial charge in [-0.05, 0) is 37.5 Å². The van der Waals surface area contributed by atoms with Gasteiger partial charge in [0.05, 0.1) is 16.8 Å². The number of nitrogen functional groups attached to an aromatic ring is 1. The summed E-state index contributed by atoms with van der Waals surface area (Å²) >= 11 is 7.77. The second-order valence-corrected chi connectivity index (χ2v) is 5.53. The fourth-order valence-electron chi connectivity index (χ4n) is 1.78. The van der Waals surface area contributed by atoms with Gasteiger partial charge in [0.15, 0.2) is 0 Å². The van der Waals surface area contributed by atoms with Crippen molar-refractivity contribution in [2.24, 2.45) is 0 Å². The molecule has 0 aliphatic carbocycles. The summed E-state index contributed by atoms with van der Waals surface area (Å²) in [5, 5.41) is 0.641. The van der Waals surface area contributed by atoms with Crippen LogP contribution in [0.5, 0.6) is 0 Å². The maximum atomic E-state index is 5.96. The molecule has 16 heavy (non-hydrogen) atoms. The quantitative estimate of drug-likeness (QED) is 0.661. The van der Waals surface area contributed by atoms with Gasteiger partial charge in [-0.2, -0.15) is 0 Å². The normalized spacial score (nSPS) is 20.2. The van der Waals surface area contributed by atoms with Gasteiger partial charge in [0.1, 0.15) is 0 Å². The molecule has 1 fully saturated rings. The summed E-state index contributed by atoms with van der Waals surface area (Å²) in [6.45, 7) is 0.934.